The highest BCUT2D eigenvalue weighted by Crippen LogP contribution is 2.38. The molecule has 0 aliphatic heterocycles. The average molecular weight is 221 g/mol. The van der Waals surface area contributed by atoms with E-state index in [1.807, 2.05) is 12.4 Å². The number of aromatic nitrogens is 2. The van der Waals surface area contributed by atoms with Gasteiger partial charge >= 0.3 is 0 Å². The maximum atomic E-state index is 4.36. The molecule has 2 N–H and O–H groups in total. The van der Waals surface area contributed by atoms with Crippen LogP contribution in [0.4, 0.5) is 0 Å². The number of imidazole rings is 1. The van der Waals surface area contributed by atoms with Crippen molar-refractivity contribution in [2.45, 2.75) is 58.5 Å². The predicted molar refractivity (Wildman–Crippen MR) is 66.2 cm³/mol. The van der Waals surface area contributed by atoms with E-state index in [1.54, 1.807) is 0 Å². The van der Waals surface area contributed by atoms with Crippen molar-refractivity contribution in [3.63, 3.8) is 0 Å². The fourth-order valence-electron chi connectivity index (χ4n) is 2.74. The summed E-state index contributed by atoms with van der Waals surface area (Å²) in [5, 5.41) is 3.76. The highest BCUT2D eigenvalue weighted by atomic mass is 15.0. The van der Waals surface area contributed by atoms with E-state index in [0.717, 1.165) is 12.2 Å². The second kappa shape index (κ2) is 4.58. The summed E-state index contributed by atoms with van der Waals surface area (Å²) in [6.45, 7) is 6.95. The van der Waals surface area contributed by atoms with E-state index in [0.29, 0.717) is 17.5 Å². The zero-order valence-electron chi connectivity index (χ0n) is 10.6. The molecule has 0 aromatic carbocycles. The van der Waals surface area contributed by atoms with Gasteiger partial charge in [-0.25, -0.2) is 4.98 Å². The maximum Gasteiger partial charge on any atom is 0.123 e. The second-order valence-electron chi connectivity index (χ2n) is 5.54. The van der Waals surface area contributed by atoms with E-state index >= 15 is 0 Å². The molecule has 0 amide bonds. The lowest BCUT2D eigenvalue weighted by molar-refractivity contribution is 0.256. The predicted octanol–water partition coefficient (Wildman–Crippen LogP) is 3.03. The van der Waals surface area contributed by atoms with Crippen molar-refractivity contribution in [1.82, 2.24) is 15.3 Å². The molecule has 2 unspecified atom stereocenters. The molecule has 3 heteroatoms. The Labute approximate surface area is 98.1 Å². The Bertz CT molecular complexity index is 316. The lowest BCUT2D eigenvalue weighted by atomic mass is 9.87. The first kappa shape index (κ1) is 11.6. The van der Waals surface area contributed by atoms with Crippen molar-refractivity contribution in [1.29, 1.82) is 0 Å². The van der Waals surface area contributed by atoms with Crippen LogP contribution in [-0.4, -0.2) is 16.0 Å². The quantitative estimate of drug-likeness (QED) is 0.820. The summed E-state index contributed by atoms with van der Waals surface area (Å²) in [6, 6.07) is 1.000. The van der Waals surface area contributed by atoms with Crippen LogP contribution in [0.1, 0.15) is 58.3 Å². The minimum Gasteiger partial charge on any atom is -0.347 e. The Morgan fingerprint density at radius 2 is 2.44 bits per heavy atom. The number of hydrogen-bond acceptors (Lipinski definition) is 2. The van der Waals surface area contributed by atoms with E-state index in [4.69, 9.17) is 0 Å². The maximum absolute atomic E-state index is 4.36. The van der Waals surface area contributed by atoms with E-state index in [9.17, 15) is 0 Å². The highest BCUT2D eigenvalue weighted by Gasteiger charge is 2.35. The number of nitrogens with one attached hydrogen (secondary N) is 2. The van der Waals surface area contributed by atoms with E-state index in [2.05, 4.69) is 36.1 Å². The van der Waals surface area contributed by atoms with Gasteiger partial charge in [0.15, 0.2) is 0 Å². The summed E-state index contributed by atoms with van der Waals surface area (Å²) in [5.74, 6) is 1.07. The van der Waals surface area contributed by atoms with E-state index < -0.39 is 0 Å². The number of rotatable bonds is 4. The summed E-state index contributed by atoms with van der Waals surface area (Å²) in [4.78, 5) is 7.58. The van der Waals surface area contributed by atoms with Crippen molar-refractivity contribution in [3.8, 4) is 0 Å². The molecule has 1 saturated carbocycles. The molecule has 2 rings (SSSR count). The first-order chi connectivity index (χ1) is 7.63. The van der Waals surface area contributed by atoms with Gasteiger partial charge in [0.1, 0.15) is 5.82 Å². The Kier molecular flexibility index (Phi) is 3.33. The number of hydrogen-bond donors (Lipinski definition) is 2. The van der Waals surface area contributed by atoms with Crippen molar-refractivity contribution >= 4 is 0 Å². The normalized spacial score (nSPS) is 25.8. The van der Waals surface area contributed by atoms with Crippen molar-refractivity contribution in [2.75, 3.05) is 0 Å². The third-order valence-electron chi connectivity index (χ3n) is 3.92. The fraction of sp³-hybridized carbons (Fsp3) is 0.769. The molecule has 1 aliphatic carbocycles. The van der Waals surface area contributed by atoms with Crippen LogP contribution in [0.15, 0.2) is 12.4 Å². The van der Waals surface area contributed by atoms with E-state index in [1.165, 1.54) is 19.3 Å². The molecule has 0 bridgehead atoms. The van der Waals surface area contributed by atoms with Crippen LogP contribution in [0.3, 0.4) is 0 Å². The van der Waals surface area contributed by atoms with Crippen molar-refractivity contribution in [3.05, 3.63) is 18.2 Å². The average Bonchev–Trinajstić information content (AvgIpc) is 2.84. The minimum absolute atomic E-state index is 0.373. The largest absolute Gasteiger partial charge is 0.347 e. The van der Waals surface area contributed by atoms with Gasteiger partial charge in [0, 0.05) is 18.4 Å². The first-order valence-corrected chi connectivity index (χ1v) is 6.39. The molecule has 0 radical (unpaired) electrons. The zero-order chi connectivity index (χ0) is 11.6. The van der Waals surface area contributed by atoms with Crippen molar-refractivity contribution < 1.29 is 0 Å². The molecular weight excluding hydrogens is 198 g/mol. The summed E-state index contributed by atoms with van der Waals surface area (Å²) >= 11 is 0. The van der Waals surface area contributed by atoms with Crippen LogP contribution in [0.2, 0.25) is 0 Å². The molecular formula is C13H23N3. The number of aromatic amines is 1. The van der Waals surface area contributed by atoms with Crippen molar-refractivity contribution in [2.24, 2.45) is 5.41 Å². The summed E-state index contributed by atoms with van der Waals surface area (Å²) in [5.41, 5.74) is 0.431. The summed E-state index contributed by atoms with van der Waals surface area (Å²) in [6.07, 6.45) is 8.79. The van der Waals surface area contributed by atoms with Crippen LogP contribution >= 0.6 is 0 Å². The standard InChI is InChI=1S/C13H23N3/c1-4-10(12-14-8-9-15-12)16-11-6-5-7-13(11,2)3/h8-11,16H,4-7H2,1-3H3,(H,14,15). The topological polar surface area (TPSA) is 40.7 Å². The monoisotopic (exact) mass is 221 g/mol. The van der Waals surface area contributed by atoms with Gasteiger partial charge in [-0.05, 0) is 24.7 Å². The molecule has 2 atom stereocenters. The molecule has 1 fully saturated rings. The lowest BCUT2D eigenvalue weighted by Gasteiger charge is -2.31. The first-order valence-electron chi connectivity index (χ1n) is 6.39. The van der Waals surface area contributed by atoms with Gasteiger partial charge in [0.05, 0.1) is 6.04 Å². The van der Waals surface area contributed by atoms with Gasteiger partial charge in [-0.3, -0.25) is 0 Å². The third-order valence-corrected chi connectivity index (χ3v) is 3.92. The Balaban J connectivity index is 2.02. The molecule has 1 heterocycles. The molecule has 0 saturated heterocycles. The third kappa shape index (κ3) is 2.29. The molecule has 1 aromatic heterocycles. The van der Waals surface area contributed by atoms with Gasteiger partial charge in [-0.15, -0.1) is 0 Å². The van der Waals surface area contributed by atoms with Gasteiger partial charge in [0.2, 0.25) is 0 Å². The molecule has 1 aromatic rings. The fourth-order valence-corrected chi connectivity index (χ4v) is 2.74. The van der Waals surface area contributed by atoms with Crippen LogP contribution in [0, 0.1) is 5.41 Å². The Morgan fingerprint density at radius 1 is 1.62 bits per heavy atom. The van der Waals surface area contributed by atoms with Crippen LogP contribution in [0.5, 0.6) is 0 Å². The Hall–Kier alpha value is -0.830. The molecule has 90 valence electrons. The second-order valence-corrected chi connectivity index (χ2v) is 5.54. The zero-order valence-corrected chi connectivity index (χ0v) is 10.6. The van der Waals surface area contributed by atoms with Gasteiger partial charge in [0.25, 0.3) is 0 Å². The SMILES string of the molecule is CCC(NC1CCCC1(C)C)c1ncc[nH]1. The molecule has 0 spiro atoms. The number of H-pyrrole nitrogens is 1. The molecule has 3 nitrogen and oxygen atoms in total. The highest BCUT2D eigenvalue weighted by molar-refractivity contribution is 4.99. The summed E-state index contributed by atoms with van der Waals surface area (Å²) < 4.78 is 0. The lowest BCUT2D eigenvalue weighted by Crippen LogP contribution is -2.40. The van der Waals surface area contributed by atoms with Gasteiger partial charge < -0.3 is 10.3 Å². The van der Waals surface area contributed by atoms with Crippen LogP contribution in [0.25, 0.3) is 0 Å². The smallest absolute Gasteiger partial charge is 0.123 e. The van der Waals surface area contributed by atoms with Crippen LogP contribution < -0.4 is 5.32 Å². The van der Waals surface area contributed by atoms with Gasteiger partial charge in [-0.1, -0.05) is 27.2 Å². The van der Waals surface area contributed by atoms with Gasteiger partial charge in [-0.2, -0.15) is 0 Å². The van der Waals surface area contributed by atoms with E-state index in [-0.39, 0.29) is 0 Å². The van der Waals surface area contributed by atoms with Crippen LogP contribution in [-0.2, 0) is 0 Å². The number of nitrogens with zero attached hydrogens (tertiary/aromatic N) is 1. The Morgan fingerprint density at radius 3 is 2.94 bits per heavy atom. The minimum atomic E-state index is 0.373. The molecule has 1 aliphatic rings. The molecule has 16 heavy (non-hydrogen) atoms. The summed E-state index contributed by atoms with van der Waals surface area (Å²) in [7, 11) is 0.